The van der Waals surface area contributed by atoms with Crippen molar-refractivity contribution in [2.75, 3.05) is 16.8 Å². The topological polar surface area (TPSA) is 32.3 Å². The van der Waals surface area contributed by atoms with Gasteiger partial charge >= 0.3 is 0 Å². The first-order chi connectivity index (χ1) is 9.35. The van der Waals surface area contributed by atoms with Gasteiger partial charge in [0, 0.05) is 29.6 Å². The lowest BCUT2D eigenvalue weighted by Gasteiger charge is -2.41. The van der Waals surface area contributed by atoms with Crippen LogP contribution in [0.4, 0.5) is 5.69 Å². The zero-order valence-electron chi connectivity index (χ0n) is 11.1. The molecule has 4 heteroatoms. The van der Waals surface area contributed by atoms with E-state index in [4.69, 9.17) is 0 Å². The fourth-order valence-corrected chi connectivity index (χ4v) is 3.17. The second-order valence-electron chi connectivity index (χ2n) is 5.02. The third-order valence-corrected chi connectivity index (χ3v) is 4.34. The van der Waals surface area contributed by atoms with E-state index in [9.17, 15) is 4.79 Å². The average Bonchev–Trinajstić information content (AvgIpc) is 2.46. The Balaban J connectivity index is 2.06. The quantitative estimate of drug-likeness (QED) is 0.644. The summed E-state index contributed by atoms with van der Waals surface area (Å²) < 4.78 is 0. The first-order valence-electron chi connectivity index (χ1n) is 6.92. The molecule has 3 nitrogen and oxygen atoms in total. The van der Waals surface area contributed by atoms with E-state index in [1.165, 1.54) is 12.1 Å². The highest BCUT2D eigenvalue weighted by molar-refractivity contribution is 9.09. The van der Waals surface area contributed by atoms with Crippen LogP contribution >= 0.6 is 15.9 Å². The van der Waals surface area contributed by atoms with Gasteiger partial charge in [-0.15, -0.1) is 0 Å². The van der Waals surface area contributed by atoms with Gasteiger partial charge in [0.1, 0.15) is 0 Å². The van der Waals surface area contributed by atoms with E-state index in [0.717, 1.165) is 37.5 Å². The van der Waals surface area contributed by atoms with Gasteiger partial charge in [-0.05, 0) is 37.8 Å². The first kappa shape index (κ1) is 14.4. The summed E-state index contributed by atoms with van der Waals surface area (Å²) in [4.78, 5) is 13.1. The number of carbonyl (C=O) groups is 1. The Labute approximate surface area is 123 Å². The monoisotopic (exact) mass is 324 g/mol. The molecule has 2 rings (SSSR count). The number of para-hydroxylation sites is 1. The van der Waals surface area contributed by atoms with Crippen molar-refractivity contribution in [3.63, 3.8) is 0 Å². The molecule has 1 aliphatic heterocycles. The lowest BCUT2D eigenvalue weighted by atomic mass is 9.93. The number of hydrogen-bond acceptors (Lipinski definition) is 2. The van der Waals surface area contributed by atoms with Crippen LogP contribution in [0.5, 0.6) is 0 Å². The summed E-state index contributed by atoms with van der Waals surface area (Å²) in [5.74, 6) is 0. The molecule has 1 saturated heterocycles. The van der Waals surface area contributed by atoms with Crippen LogP contribution in [0.25, 0.3) is 0 Å². The summed E-state index contributed by atoms with van der Waals surface area (Å²) >= 11 is 3.51. The van der Waals surface area contributed by atoms with E-state index in [2.05, 4.69) is 56.5 Å². The van der Waals surface area contributed by atoms with Gasteiger partial charge < -0.3 is 10.2 Å². The fraction of sp³-hybridized carbons (Fsp3) is 0.533. The Morgan fingerprint density at radius 3 is 2.84 bits per heavy atom. The van der Waals surface area contributed by atoms with Gasteiger partial charge in [0.25, 0.3) is 0 Å². The van der Waals surface area contributed by atoms with Crippen molar-refractivity contribution >= 4 is 28.0 Å². The molecule has 0 bridgehead atoms. The van der Waals surface area contributed by atoms with Crippen molar-refractivity contribution < 1.29 is 4.79 Å². The third kappa shape index (κ3) is 3.96. The zero-order valence-corrected chi connectivity index (χ0v) is 12.7. The largest absolute Gasteiger partial charge is 0.368 e. The molecule has 1 heterocycles. The average molecular weight is 325 g/mol. The molecule has 1 amide bonds. The first-order valence-corrected chi connectivity index (χ1v) is 8.04. The summed E-state index contributed by atoms with van der Waals surface area (Å²) in [6.45, 7) is 1.02. The SMILES string of the molecule is O=CNC1CCN(c2ccccc2)C(CCCBr)C1. The predicted molar refractivity (Wildman–Crippen MR) is 82.8 cm³/mol. The second kappa shape index (κ2) is 7.53. The molecule has 1 N–H and O–H groups in total. The number of anilines is 1. The van der Waals surface area contributed by atoms with E-state index in [-0.39, 0.29) is 0 Å². The molecule has 0 spiro atoms. The molecule has 2 atom stereocenters. The molecule has 1 aromatic carbocycles. The van der Waals surface area contributed by atoms with Crippen molar-refractivity contribution in [1.29, 1.82) is 0 Å². The van der Waals surface area contributed by atoms with Crippen LogP contribution in [0.15, 0.2) is 30.3 Å². The Kier molecular flexibility index (Phi) is 5.70. The molecule has 1 fully saturated rings. The summed E-state index contributed by atoms with van der Waals surface area (Å²) in [7, 11) is 0. The smallest absolute Gasteiger partial charge is 0.207 e. The molecule has 2 unspecified atom stereocenters. The van der Waals surface area contributed by atoms with E-state index >= 15 is 0 Å². The highest BCUT2D eigenvalue weighted by Crippen LogP contribution is 2.27. The van der Waals surface area contributed by atoms with Crippen LogP contribution in [-0.4, -0.2) is 30.4 Å². The highest BCUT2D eigenvalue weighted by Gasteiger charge is 2.27. The van der Waals surface area contributed by atoms with Gasteiger partial charge in [0.2, 0.25) is 6.41 Å². The molecule has 104 valence electrons. The number of nitrogens with one attached hydrogen (secondary N) is 1. The van der Waals surface area contributed by atoms with E-state index in [1.54, 1.807) is 0 Å². The van der Waals surface area contributed by atoms with Crippen molar-refractivity contribution in [3.8, 4) is 0 Å². The minimum atomic E-state index is 0.331. The molecule has 1 aliphatic rings. The van der Waals surface area contributed by atoms with E-state index < -0.39 is 0 Å². The maximum absolute atomic E-state index is 10.6. The summed E-state index contributed by atoms with van der Waals surface area (Å²) in [5.41, 5.74) is 1.30. The van der Waals surface area contributed by atoms with Crippen molar-refractivity contribution in [2.24, 2.45) is 0 Å². The number of nitrogens with zero attached hydrogens (tertiary/aromatic N) is 1. The molecule has 0 aromatic heterocycles. The van der Waals surface area contributed by atoms with Crippen LogP contribution in [0.1, 0.15) is 25.7 Å². The number of alkyl halides is 1. The normalized spacial score (nSPS) is 23.1. The van der Waals surface area contributed by atoms with E-state index in [1.807, 2.05) is 0 Å². The molecular weight excluding hydrogens is 304 g/mol. The summed E-state index contributed by atoms with van der Waals surface area (Å²) in [6.07, 6.45) is 5.24. The fourth-order valence-electron chi connectivity index (χ4n) is 2.84. The maximum Gasteiger partial charge on any atom is 0.207 e. The maximum atomic E-state index is 10.6. The molecule has 19 heavy (non-hydrogen) atoms. The number of hydrogen-bond donors (Lipinski definition) is 1. The molecule has 1 aromatic rings. The molecule has 0 saturated carbocycles. The van der Waals surface area contributed by atoms with Crippen LogP contribution < -0.4 is 10.2 Å². The lowest BCUT2D eigenvalue weighted by Crippen LogP contribution is -2.48. The number of amides is 1. The Bertz CT molecular complexity index is 385. The number of benzene rings is 1. The highest BCUT2D eigenvalue weighted by atomic mass is 79.9. The van der Waals surface area contributed by atoms with E-state index in [0.29, 0.717) is 12.1 Å². The second-order valence-corrected chi connectivity index (χ2v) is 5.81. The predicted octanol–water partition coefficient (Wildman–Crippen LogP) is 2.95. The summed E-state index contributed by atoms with van der Waals surface area (Å²) in [6, 6.07) is 11.4. The van der Waals surface area contributed by atoms with Gasteiger partial charge in [-0.2, -0.15) is 0 Å². The number of rotatable bonds is 6. The molecule has 0 aliphatic carbocycles. The van der Waals surface area contributed by atoms with Crippen LogP contribution in [0.3, 0.4) is 0 Å². The van der Waals surface area contributed by atoms with Crippen molar-refractivity contribution in [2.45, 2.75) is 37.8 Å². The summed E-state index contributed by atoms with van der Waals surface area (Å²) in [5, 5.41) is 3.98. The standard InChI is InChI=1S/C15H21BrN2O/c16-9-4-7-15-11-13(17-12-19)8-10-18(15)14-5-2-1-3-6-14/h1-3,5-6,12-13,15H,4,7-11H2,(H,17,19). The minimum Gasteiger partial charge on any atom is -0.368 e. The third-order valence-electron chi connectivity index (χ3n) is 3.78. The Morgan fingerprint density at radius 2 is 2.16 bits per heavy atom. The Morgan fingerprint density at radius 1 is 1.37 bits per heavy atom. The van der Waals surface area contributed by atoms with Crippen molar-refractivity contribution in [3.05, 3.63) is 30.3 Å². The van der Waals surface area contributed by atoms with Gasteiger partial charge in [-0.3, -0.25) is 4.79 Å². The molecular formula is C15H21BrN2O. The van der Waals surface area contributed by atoms with Crippen LogP contribution in [-0.2, 0) is 4.79 Å². The number of carbonyl (C=O) groups excluding carboxylic acids is 1. The van der Waals surface area contributed by atoms with Gasteiger partial charge in [-0.1, -0.05) is 34.1 Å². The number of halogens is 1. The van der Waals surface area contributed by atoms with Gasteiger partial charge in [0.15, 0.2) is 0 Å². The van der Waals surface area contributed by atoms with Crippen LogP contribution in [0, 0.1) is 0 Å². The number of piperidine rings is 1. The van der Waals surface area contributed by atoms with Gasteiger partial charge in [0.05, 0.1) is 0 Å². The lowest BCUT2D eigenvalue weighted by molar-refractivity contribution is -0.110. The van der Waals surface area contributed by atoms with Crippen molar-refractivity contribution in [1.82, 2.24) is 5.32 Å². The molecule has 0 radical (unpaired) electrons. The Hall–Kier alpha value is -1.03. The van der Waals surface area contributed by atoms with Crippen LogP contribution in [0.2, 0.25) is 0 Å². The zero-order chi connectivity index (χ0) is 13.5. The minimum absolute atomic E-state index is 0.331. The van der Waals surface area contributed by atoms with Gasteiger partial charge in [-0.25, -0.2) is 0 Å².